The monoisotopic (exact) mass is 595 g/mol. The number of rotatable bonds is 8. The molecule has 39 heavy (non-hydrogen) atoms. The maximum atomic E-state index is 15.8. The summed E-state index contributed by atoms with van der Waals surface area (Å²) in [6.07, 6.45) is 0.740. The lowest BCUT2D eigenvalue weighted by Crippen LogP contribution is -2.65. The van der Waals surface area contributed by atoms with E-state index in [2.05, 4.69) is 4.98 Å². The van der Waals surface area contributed by atoms with Crippen molar-refractivity contribution < 1.29 is 27.8 Å². The number of pyridine rings is 1. The van der Waals surface area contributed by atoms with Crippen molar-refractivity contribution in [1.29, 1.82) is 0 Å². The summed E-state index contributed by atoms with van der Waals surface area (Å²) >= 11 is 14.1. The lowest BCUT2D eigenvalue weighted by Gasteiger charge is -2.52. The van der Waals surface area contributed by atoms with Gasteiger partial charge in [0.1, 0.15) is 33.7 Å². The van der Waals surface area contributed by atoms with E-state index in [-0.39, 0.29) is 33.1 Å². The summed E-state index contributed by atoms with van der Waals surface area (Å²) in [5.74, 6) is 0.140. The van der Waals surface area contributed by atoms with Gasteiger partial charge in [0.15, 0.2) is 5.82 Å². The molecule has 0 radical (unpaired) electrons. The van der Waals surface area contributed by atoms with Crippen molar-refractivity contribution in [2.75, 3.05) is 43.1 Å². The highest BCUT2D eigenvalue weighted by Gasteiger charge is 2.48. The predicted octanol–water partition coefficient (Wildman–Crippen LogP) is 6.34. The number of ketones is 1. The number of anilines is 2. The fourth-order valence-electron chi connectivity index (χ4n) is 4.73. The van der Waals surface area contributed by atoms with Crippen LogP contribution in [0.5, 0.6) is 11.5 Å². The van der Waals surface area contributed by atoms with E-state index in [1.165, 1.54) is 19.2 Å². The Labute approximate surface area is 239 Å². The first-order valence-electron chi connectivity index (χ1n) is 12.1. The highest BCUT2D eigenvalue weighted by Crippen LogP contribution is 2.46. The lowest BCUT2D eigenvalue weighted by molar-refractivity contribution is -0.143. The van der Waals surface area contributed by atoms with E-state index >= 15 is 4.39 Å². The molecule has 2 fully saturated rings. The molecule has 0 amide bonds. The molecule has 206 valence electrons. The number of ether oxygens (including phenoxy) is 3. The smallest absolute Gasteiger partial charge is 0.214 e. The van der Waals surface area contributed by atoms with Gasteiger partial charge in [-0.25, -0.2) is 9.37 Å². The standard InChI is InChI=1S/C27H25Cl2F2N3O4S/c1-36-18-7-6-16(21(10-18)37-2)13-34(23-5-3-4-22(30)32-23)39-26-19(28)11-20(24(29)25(26)31)33-14-27(15-33)12-17(35)8-9-38-27/h3-7,10-11H,8-9,12-15H2,1-2H3. The van der Waals surface area contributed by atoms with Crippen molar-refractivity contribution >= 4 is 52.4 Å². The van der Waals surface area contributed by atoms with Gasteiger partial charge in [-0.2, -0.15) is 4.39 Å². The SMILES string of the molecule is COc1ccc(CN(Sc2c(Cl)cc(N3CC4(CC(=O)CCO4)C3)c(Cl)c2F)c2cccc(F)n2)c(OC)c1. The number of nitrogens with zero attached hydrogens (tertiary/aromatic N) is 3. The normalized spacial score (nSPS) is 16.3. The number of halogens is 4. The highest BCUT2D eigenvalue weighted by molar-refractivity contribution is 8.00. The van der Waals surface area contributed by atoms with Crippen molar-refractivity contribution in [2.45, 2.75) is 29.9 Å². The number of hydrogen-bond acceptors (Lipinski definition) is 8. The van der Waals surface area contributed by atoms with E-state index < -0.39 is 17.4 Å². The first-order valence-corrected chi connectivity index (χ1v) is 13.6. The molecule has 0 N–H and O–H groups in total. The van der Waals surface area contributed by atoms with Gasteiger partial charge in [0.25, 0.3) is 0 Å². The molecule has 0 atom stereocenters. The number of aromatic nitrogens is 1. The van der Waals surface area contributed by atoms with Gasteiger partial charge in [-0.15, -0.1) is 0 Å². The minimum absolute atomic E-state index is 0.0586. The van der Waals surface area contributed by atoms with E-state index in [9.17, 15) is 9.18 Å². The van der Waals surface area contributed by atoms with Crippen LogP contribution >= 0.6 is 35.1 Å². The quantitative estimate of drug-likeness (QED) is 0.170. The predicted molar refractivity (Wildman–Crippen MR) is 147 cm³/mol. The van der Waals surface area contributed by atoms with Gasteiger partial charge in [0.2, 0.25) is 5.95 Å². The molecule has 12 heteroatoms. The van der Waals surface area contributed by atoms with Crippen molar-refractivity contribution in [3.8, 4) is 11.5 Å². The van der Waals surface area contributed by atoms with Crippen LogP contribution in [0.3, 0.4) is 0 Å². The largest absolute Gasteiger partial charge is 0.497 e. The minimum atomic E-state index is -0.714. The third kappa shape index (κ3) is 5.75. The van der Waals surface area contributed by atoms with Crippen molar-refractivity contribution in [3.05, 3.63) is 69.8 Å². The average molecular weight is 596 g/mol. The van der Waals surface area contributed by atoms with E-state index in [0.717, 1.165) is 17.5 Å². The van der Waals surface area contributed by atoms with Gasteiger partial charge in [0.05, 0.1) is 43.0 Å². The zero-order valence-corrected chi connectivity index (χ0v) is 23.5. The van der Waals surface area contributed by atoms with Crippen molar-refractivity contribution in [3.63, 3.8) is 0 Å². The van der Waals surface area contributed by atoms with Gasteiger partial charge in [-0.05, 0) is 42.3 Å². The molecule has 0 unspecified atom stereocenters. The molecule has 2 aromatic carbocycles. The maximum absolute atomic E-state index is 15.8. The molecule has 3 aromatic rings. The molecule has 1 spiro atoms. The van der Waals surface area contributed by atoms with Crippen LogP contribution in [0.1, 0.15) is 18.4 Å². The Hall–Kier alpha value is -2.79. The Morgan fingerprint density at radius 2 is 1.95 bits per heavy atom. The molecule has 0 saturated carbocycles. The fraction of sp³-hybridized carbons (Fsp3) is 0.333. The van der Waals surface area contributed by atoms with Crippen LogP contribution in [0.15, 0.2) is 47.4 Å². The molecule has 1 aromatic heterocycles. The molecule has 0 bridgehead atoms. The van der Waals surface area contributed by atoms with Crippen LogP contribution in [0.4, 0.5) is 20.3 Å². The van der Waals surface area contributed by atoms with Crippen LogP contribution in [0.2, 0.25) is 10.0 Å². The summed E-state index contributed by atoms with van der Waals surface area (Å²) < 4.78 is 48.1. The summed E-state index contributed by atoms with van der Waals surface area (Å²) in [4.78, 5) is 17.8. The Kier molecular flexibility index (Phi) is 8.09. The Morgan fingerprint density at radius 3 is 2.64 bits per heavy atom. The number of benzene rings is 2. The van der Waals surface area contributed by atoms with Gasteiger partial charge in [-0.3, -0.25) is 9.10 Å². The van der Waals surface area contributed by atoms with Crippen molar-refractivity contribution in [1.82, 2.24) is 4.98 Å². The molecule has 2 aliphatic heterocycles. The van der Waals surface area contributed by atoms with Crippen LogP contribution < -0.4 is 18.7 Å². The summed E-state index contributed by atoms with van der Waals surface area (Å²) in [6.45, 7) is 1.38. The minimum Gasteiger partial charge on any atom is -0.497 e. The zero-order valence-electron chi connectivity index (χ0n) is 21.2. The number of Topliss-reactive ketones (excluding diaryl/α,β-unsaturated/α-hetero) is 1. The summed E-state index contributed by atoms with van der Waals surface area (Å²) in [6, 6.07) is 11.2. The Bertz CT molecular complexity index is 1410. The van der Waals surface area contributed by atoms with Crippen LogP contribution in [0.25, 0.3) is 0 Å². The molecule has 5 rings (SSSR count). The molecule has 0 aliphatic carbocycles. The van der Waals surface area contributed by atoms with Crippen molar-refractivity contribution in [2.24, 2.45) is 0 Å². The lowest BCUT2D eigenvalue weighted by atomic mass is 9.85. The second kappa shape index (κ2) is 11.4. The number of methoxy groups -OCH3 is 2. The van der Waals surface area contributed by atoms with E-state index in [1.807, 2.05) is 4.90 Å². The van der Waals surface area contributed by atoms with E-state index in [0.29, 0.717) is 49.7 Å². The number of carbonyl (C=O) groups is 1. The number of hydrogen-bond donors (Lipinski definition) is 0. The summed E-state index contributed by atoms with van der Waals surface area (Å²) in [5.41, 5.74) is 0.582. The molecular formula is C27H25Cl2F2N3O4S. The number of carbonyl (C=O) groups excluding carboxylic acids is 1. The summed E-state index contributed by atoms with van der Waals surface area (Å²) in [5, 5.41) is 0.0228. The third-order valence-electron chi connectivity index (χ3n) is 6.67. The summed E-state index contributed by atoms with van der Waals surface area (Å²) in [7, 11) is 3.08. The van der Waals surface area contributed by atoms with Gasteiger partial charge >= 0.3 is 0 Å². The average Bonchev–Trinajstić information content (AvgIpc) is 2.91. The highest BCUT2D eigenvalue weighted by atomic mass is 35.5. The van der Waals surface area contributed by atoms with Crippen LogP contribution in [0, 0.1) is 11.8 Å². The first-order chi connectivity index (χ1) is 18.7. The van der Waals surface area contributed by atoms with Gasteiger partial charge in [-0.1, -0.05) is 29.3 Å². The van der Waals surface area contributed by atoms with Gasteiger partial charge in [0, 0.05) is 37.6 Å². The Balaban J connectivity index is 1.44. The zero-order chi connectivity index (χ0) is 27.7. The van der Waals surface area contributed by atoms with Crippen LogP contribution in [-0.4, -0.2) is 50.3 Å². The molecular weight excluding hydrogens is 571 g/mol. The molecule has 3 heterocycles. The maximum Gasteiger partial charge on any atom is 0.214 e. The molecule has 2 aliphatic rings. The Morgan fingerprint density at radius 1 is 1.15 bits per heavy atom. The molecule has 7 nitrogen and oxygen atoms in total. The second-order valence-electron chi connectivity index (χ2n) is 9.31. The van der Waals surface area contributed by atoms with Gasteiger partial charge < -0.3 is 19.1 Å². The third-order valence-corrected chi connectivity index (χ3v) is 8.56. The molecule has 2 saturated heterocycles. The van der Waals surface area contributed by atoms with E-state index in [4.69, 9.17) is 37.4 Å². The van der Waals surface area contributed by atoms with Crippen LogP contribution in [-0.2, 0) is 16.1 Å². The second-order valence-corrected chi connectivity index (χ2v) is 11.1. The van der Waals surface area contributed by atoms with E-state index in [1.54, 1.807) is 41.7 Å². The fourth-order valence-corrected chi connectivity index (χ4v) is 6.29. The topological polar surface area (TPSA) is 64.1 Å². The first kappa shape index (κ1) is 27.8.